The summed E-state index contributed by atoms with van der Waals surface area (Å²) in [4.78, 5) is 35.3. The molecule has 0 bridgehead atoms. The number of carbonyl (C=O) groups is 3. The van der Waals surface area contributed by atoms with E-state index in [2.05, 4.69) is 5.32 Å². The number of halogens is 3. The Morgan fingerprint density at radius 1 is 0.871 bits per heavy atom. The lowest BCUT2D eigenvalue weighted by Gasteiger charge is -2.20. The third-order valence-electron chi connectivity index (χ3n) is 4.30. The van der Waals surface area contributed by atoms with Gasteiger partial charge in [0.2, 0.25) is 5.91 Å². The van der Waals surface area contributed by atoms with Crippen LogP contribution >= 0.6 is 0 Å². The molecule has 2 atom stereocenters. The maximum absolute atomic E-state index is 12.6. The van der Waals surface area contributed by atoms with Gasteiger partial charge in [-0.25, -0.2) is 4.79 Å². The number of esters is 1. The molecule has 2 rings (SSSR count). The molecule has 0 spiro atoms. The molecule has 0 aliphatic heterocycles. The Bertz CT molecular complexity index is 876. The Hall–Kier alpha value is -3.40. The summed E-state index contributed by atoms with van der Waals surface area (Å²) in [6.45, 7) is -0.480. The van der Waals surface area contributed by atoms with Crippen LogP contribution in [0.5, 0.6) is 0 Å². The number of benzene rings is 2. The van der Waals surface area contributed by atoms with E-state index in [4.69, 9.17) is 10.5 Å². The number of hydrogen-bond acceptors (Lipinski definition) is 5. The number of nitrogens with two attached hydrogens (primary N) is 1. The number of ether oxygens (including phenoxy) is 1. The lowest BCUT2D eigenvalue weighted by atomic mass is 10.1. The summed E-state index contributed by atoms with van der Waals surface area (Å²) in [5.74, 6) is -4.03. The van der Waals surface area contributed by atoms with Crippen LogP contribution < -0.4 is 16.4 Å². The van der Waals surface area contributed by atoms with Crippen LogP contribution in [0.1, 0.15) is 11.1 Å². The summed E-state index contributed by atoms with van der Waals surface area (Å²) in [6.07, 6.45) is -5.13. The highest BCUT2D eigenvalue weighted by molar-refractivity contribution is 5.87. The van der Waals surface area contributed by atoms with Crippen molar-refractivity contribution in [2.24, 2.45) is 5.73 Å². The standard InChI is InChI=1S/C21H22F3N3O4/c22-21(23,24)20(30)27-17(12-15-9-5-2-6-10-15)19(29)31-13-26-16(18(25)28)11-14-7-3-1-4-8-14/h1-10,16-17,26H,11-13H2,(H2,25,28)(H,27,30)/t16-,17?/m0/s1. The second-order valence-corrected chi connectivity index (χ2v) is 6.67. The molecule has 2 amide bonds. The maximum Gasteiger partial charge on any atom is 0.471 e. The van der Waals surface area contributed by atoms with Crippen LogP contribution in [0, 0.1) is 0 Å². The summed E-state index contributed by atoms with van der Waals surface area (Å²) in [7, 11) is 0. The highest BCUT2D eigenvalue weighted by atomic mass is 19.4. The molecule has 31 heavy (non-hydrogen) atoms. The Labute approximate surface area is 176 Å². The third-order valence-corrected chi connectivity index (χ3v) is 4.30. The number of alkyl halides is 3. The van der Waals surface area contributed by atoms with Crippen molar-refractivity contribution < 1.29 is 32.3 Å². The summed E-state index contributed by atoms with van der Waals surface area (Å²) in [6, 6.07) is 14.7. The van der Waals surface area contributed by atoms with Crippen LogP contribution in [0.2, 0.25) is 0 Å². The fraction of sp³-hybridized carbons (Fsp3) is 0.286. The maximum atomic E-state index is 12.6. The number of primary amides is 1. The summed E-state index contributed by atoms with van der Waals surface area (Å²) >= 11 is 0. The Balaban J connectivity index is 1.99. The smallest absolute Gasteiger partial charge is 0.448 e. The first kappa shape index (κ1) is 23.9. The van der Waals surface area contributed by atoms with Gasteiger partial charge in [0.1, 0.15) is 12.8 Å². The van der Waals surface area contributed by atoms with Crippen LogP contribution in [0.15, 0.2) is 60.7 Å². The molecule has 2 aromatic rings. The van der Waals surface area contributed by atoms with Gasteiger partial charge in [0.25, 0.3) is 0 Å². The molecule has 0 aromatic heterocycles. The first-order valence-corrected chi connectivity index (χ1v) is 9.31. The highest BCUT2D eigenvalue weighted by Gasteiger charge is 2.41. The van der Waals surface area contributed by atoms with E-state index in [1.54, 1.807) is 66.0 Å². The summed E-state index contributed by atoms with van der Waals surface area (Å²) in [5.41, 5.74) is 6.69. The molecule has 1 unspecified atom stereocenters. The average molecular weight is 437 g/mol. The van der Waals surface area contributed by atoms with Gasteiger partial charge in [0.05, 0.1) is 6.04 Å². The van der Waals surface area contributed by atoms with E-state index in [1.807, 2.05) is 0 Å². The van der Waals surface area contributed by atoms with Crippen LogP contribution in [0.4, 0.5) is 13.2 Å². The molecule has 4 N–H and O–H groups in total. The topological polar surface area (TPSA) is 111 Å². The minimum atomic E-state index is -5.15. The van der Waals surface area contributed by atoms with Crippen LogP contribution in [0.25, 0.3) is 0 Å². The van der Waals surface area contributed by atoms with Crippen molar-refractivity contribution >= 4 is 17.8 Å². The minimum absolute atomic E-state index is 0.204. The second-order valence-electron chi connectivity index (χ2n) is 6.67. The van der Waals surface area contributed by atoms with Crippen molar-refractivity contribution in [3.63, 3.8) is 0 Å². The van der Waals surface area contributed by atoms with Gasteiger partial charge in [0.15, 0.2) is 0 Å². The molecular formula is C21H22F3N3O4. The predicted octanol–water partition coefficient (Wildman–Crippen LogP) is 1.46. The Morgan fingerprint density at radius 3 is 1.81 bits per heavy atom. The molecular weight excluding hydrogens is 415 g/mol. The van der Waals surface area contributed by atoms with E-state index < -0.39 is 42.8 Å². The van der Waals surface area contributed by atoms with Gasteiger partial charge in [-0.1, -0.05) is 60.7 Å². The van der Waals surface area contributed by atoms with Crippen LogP contribution in [0.3, 0.4) is 0 Å². The molecule has 0 radical (unpaired) electrons. The molecule has 0 fully saturated rings. The Kier molecular flexibility index (Phi) is 8.56. The first-order chi connectivity index (χ1) is 14.7. The zero-order chi connectivity index (χ0) is 22.9. The van der Waals surface area contributed by atoms with E-state index >= 15 is 0 Å². The van der Waals surface area contributed by atoms with Crippen LogP contribution in [-0.2, 0) is 32.0 Å². The number of carbonyl (C=O) groups excluding carboxylic acids is 3. The van der Waals surface area contributed by atoms with E-state index in [0.717, 1.165) is 5.56 Å². The molecule has 0 saturated carbocycles. The average Bonchev–Trinajstić information content (AvgIpc) is 2.73. The molecule has 2 aromatic carbocycles. The van der Waals surface area contributed by atoms with Crippen LogP contribution in [-0.4, -0.2) is 42.8 Å². The van der Waals surface area contributed by atoms with Crippen molar-refractivity contribution in [2.45, 2.75) is 31.1 Å². The molecule has 7 nitrogen and oxygen atoms in total. The molecule has 0 saturated heterocycles. The van der Waals surface area contributed by atoms with Gasteiger partial charge < -0.3 is 15.8 Å². The molecule has 0 heterocycles. The van der Waals surface area contributed by atoms with E-state index in [-0.39, 0.29) is 12.8 Å². The molecule has 10 heteroatoms. The second kappa shape index (κ2) is 11.1. The van der Waals surface area contributed by atoms with Crippen molar-refractivity contribution in [1.82, 2.24) is 10.6 Å². The number of amides is 2. The molecule has 0 aliphatic carbocycles. The zero-order valence-electron chi connectivity index (χ0n) is 16.4. The summed E-state index contributed by atoms with van der Waals surface area (Å²) < 4.78 is 42.9. The van der Waals surface area contributed by atoms with Gasteiger partial charge in [0, 0.05) is 6.42 Å². The fourth-order valence-corrected chi connectivity index (χ4v) is 2.72. The van der Waals surface area contributed by atoms with Crippen molar-refractivity contribution in [3.8, 4) is 0 Å². The first-order valence-electron chi connectivity index (χ1n) is 9.31. The van der Waals surface area contributed by atoms with Crippen molar-refractivity contribution in [1.29, 1.82) is 0 Å². The van der Waals surface area contributed by atoms with E-state index in [0.29, 0.717) is 5.56 Å². The van der Waals surface area contributed by atoms with E-state index in [9.17, 15) is 27.6 Å². The predicted molar refractivity (Wildman–Crippen MR) is 105 cm³/mol. The van der Waals surface area contributed by atoms with Gasteiger partial charge >= 0.3 is 18.1 Å². The monoisotopic (exact) mass is 437 g/mol. The largest absolute Gasteiger partial charge is 0.471 e. The minimum Gasteiger partial charge on any atom is -0.448 e. The quantitative estimate of drug-likeness (QED) is 0.385. The van der Waals surface area contributed by atoms with Crippen molar-refractivity contribution in [3.05, 3.63) is 71.8 Å². The lowest BCUT2D eigenvalue weighted by Crippen LogP contribution is -2.50. The molecule has 0 aliphatic rings. The normalized spacial score (nSPS) is 13.1. The molecule has 166 valence electrons. The lowest BCUT2D eigenvalue weighted by molar-refractivity contribution is -0.176. The highest BCUT2D eigenvalue weighted by Crippen LogP contribution is 2.15. The van der Waals surface area contributed by atoms with Gasteiger partial charge in [-0.3, -0.25) is 14.9 Å². The van der Waals surface area contributed by atoms with Crippen molar-refractivity contribution in [2.75, 3.05) is 6.73 Å². The van der Waals surface area contributed by atoms with E-state index in [1.165, 1.54) is 0 Å². The zero-order valence-corrected chi connectivity index (χ0v) is 16.4. The fourth-order valence-electron chi connectivity index (χ4n) is 2.72. The van der Waals surface area contributed by atoms with Gasteiger partial charge in [-0.15, -0.1) is 0 Å². The van der Waals surface area contributed by atoms with Gasteiger partial charge in [-0.2, -0.15) is 13.2 Å². The third kappa shape index (κ3) is 8.09. The number of nitrogens with one attached hydrogen (secondary N) is 2. The van der Waals surface area contributed by atoms with Gasteiger partial charge in [-0.05, 0) is 17.5 Å². The summed E-state index contributed by atoms with van der Waals surface area (Å²) in [5, 5.41) is 4.30. The Morgan fingerprint density at radius 2 is 1.35 bits per heavy atom. The number of hydrogen-bond donors (Lipinski definition) is 3. The number of rotatable bonds is 10. The SMILES string of the molecule is NC(=O)[C@H](Cc1ccccc1)NCOC(=O)C(Cc1ccccc1)NC(=O)C(F)(F)F.